The summed E-state index contributed by atoms with van der Waals surface area (Å²) in [5.41, 5.74) is 8.28. The molecule has 0 aliphatic carbocycles. The first kappa shape index (κ1) is 13.6. The number of imide groups is 1. The Labute approximate surface area is 122 Å². The molecule has 6 heteroatoms. The van der Waals surface area contributed by atoms with Gasteiger partial charge in [-0.2, -0.15) is 5.10 Å². The molecule has 2 amide bonds. The third kappa shape index (κ3) is 2.16. The Balaban J connectivity index is 2.17. The van der Waals surface area contributed by atoms with Crippen molar-refractivity contribution in [3.63, 3.8) is 0 Å². The van der Waals surface area contributed by atoms with E-state index in [1.165, 1.54) is 0 Å². The molecule has 1 aliphatic rings. The first-order chi connectivity index (χ1) is 9.99. The van der Waals surface area contributed by atoms with Crippen molar-refractivity contribution in [3.8, 4) is 0 Å². The maximum Gasteiger partial charge on any atom is 0.235 e. The first-order valence-electron chi connectivity index (χ1n) is 7.09. The standard InChI is InChI=1S/C15H18N4O2/c1-8(2)19-14-9(4-3-5-11(14)16)13(18-19)10-6-7-12(20)17-15(10)21/h3-5,8,10H,6-7,16H2,1-2H3,(H,17,20,21). The van der Waals surface area contributed by atoms with Crippen LogP contribution in [-0.4, -0.2) is 21.6 Å². The summed E-state index contributed by atoms with van der Waals surface area (Å²) in [5, 5.41) is 7.89. The lowest BCUT2D eigenvalue weighted by Gasteiger charge is -2.19. The van der Waals surface area contributed by atoms with Crippen LogP contribution in [0.4, 0.5) is 5.69 Å². The molecule has 3 N–H and O–H groups in total. The zero-order valence-corrected chi connectivity index (χ0v) is 12.1. The van der Waals surface area contributed by atoms with Crippen LogP contribution in [-0.2, 0) is 9.59 Å². The molecule has 2 heterocycles. The number of hydrogen-bond acceptors (Lipinski definition) is 4. The molecule has 0 bridgehead atoms. The number of para-hydroxylation sites is 1. The molecule has 21 heavy (non-hydrogen) atoms. The van der Waals surface area contributed by atoms with Crippen molar-refractivity contribution < 1.29 is 9.59 Å². The van der Waals surface area contributed by atoms with Crippen LogP contribution in [0.5, 0.6) is 0 Å². The molecule has 1 fully saturated rings. The number of amides is 2. The molecule has 1 unspecified atom stereocenters. The molecule has 1 saturated heterocycles. The minimum atomic E-state index is -0.396. The van der Waals surface area contributed by atoms with Gasteiger partial charge in [-0.3, -0.25) is 19.6 Å². The Morgan fingerprint density at radius 3 is 2.81 bits per heavy atom. The summed E-state index contributed by atoms with van der Waals surface area (Å²) < 4.78 is 1.85. The molecule has 1 aliphatic heterocycles. The number of fused-ring (bicyclic) bond motifs is 1. The van der Waals surface area contributed by atoms with Gasteiger partial charge in [0.15, 0.2) is 0 Å². The second kappa shape index (κ2) is 4.87. The van der Waals surface area contributed by atoms with E-state index in [2.05, 4.69) is 10.4 Å². The van der Waals surface area contributed by atoms with Crippen molar-refractivity contribution in [1.29, 1.82) is 0 Å². The van der Waals surface area contributed by atoms with E-state index in [-0.39, 0.29) is 17.9 Å². The van der Waals surface area contributed by atoms with Crippen LogP contribution in [0.3, 0.4) is 0 Å². The second-order valence-corrected chi connectivity index (χ2v) is 5.67. The number of carbonyl (C=O) groups excluding carboxylic acids is 2. The predicted octanol–water partition coefficient (Wildman–Crippen LogP) is 1.72. The SMILES string of the molecule is CC(C)n1nc(C2CCC(=O)NC2=O)c2cccc(N)c21. The minimum Gasteiger partial charge on any atom is -0.397 e. The fourth-order valence-corrected chi connectivity index (χ4v) is 2.83. The van der Waals surface area contributed by atoms with Gasteiger partial charge in [-0.25, -0.2) is 0 Å². The number of nitrogens with two attached hydrogens (primary N) is 1. The van der Waals surface area contributed by atoms with Gasteiger partial charge < -0.3 is 5.73 Å². The highest BCUT2D eigenvalue weighted by Gasteiger charge is 2.32. The maximum absolute atomic E-state index is 12.1. The predicted molar refractivity (Wildman–Crippen MR) is 79.7 cm³/mol. The Morgan fingerprint density at radius 2 is 2.14 bits per heavy atom. The number of nitrogen functional groups attached to an aromatic ring is 1. The van der Waals surface area contributed by atoms with Crippen LogP contribution in [0.1, 0.15) is 44.3 Å². The highest BCUT2D eigenvalue weighted by Crippen LogP contribution is 2.33. The van der Waals surface area contributed by atoms with E-state index < -0.39 is 5.92 Å². The monoisotopic (exact) mass is 286 g/mol. The van der Waals surface area contributed by atoms with Crippen LogP contribution in [0.2, 0.25) is 0 Å². The van der Waals surface area contributed by atoms with E-state index in [9.17, 15) is 9.59 Å². The third-order valence-electron chi connectivity index (χ3n) is 3.85. The van der Waals surface area contributed by atoms with Crippen LogP contribution >= 0.6 is 0 Å². The lowest BCUT2D eigenvalue weighted by molar-refractivity contribution is -0.134. The van der Waals surface area contributed by atoms with Gasteiger partial charge in [0, 0.05) is 17.8 Å². The minimum absolute atomic E-state index is 0.138. The van der Waals surface area contributed by atoms with Crippen molar-refractivity contribution in [2.45, 2.75) is 38.6 Å². The number of aromatic nitrogens is 2. The molecule has 1 aromatic carbocycles. The van der Waals surface area contributed by atoms with Crippen LogP contribution < -0.4 is 11.1 Å². The molecule has 1 aromatic heterocycles. The Kier molecular flexibility index (Phi) is 3.16. The summed E-state index contributed by atoms with van der Waals surface area (Å²) in [4.78, 5) is 23.4. The topological polar surface area (TPSA) is 90.0 Å². The number of benzene rings is 1. The van der Waals surface area contributed by atoms with Crippen molar-refractivity contribution >= 4 is 28.4 Å². The number of hydrogen-bond donors (Lipinski definition) is 2. The number of carbonyl (C=O) groups is 2. The number of rotatable bonds is 2. The highest BCUT2D eigenvalue weighted by atomic mass is 16.2. The Bertz CT molecular complexity index is 733. The highest BCUT2D eigenvalue weighted by molar-refractivity contribution is 6.03. The fourth-order valence-electron chi connectivity index (χ4n) is 2.83. The van der Waals surface area contributed by atoms with Gasteiger partial charge in [-0.1, -0.05) is 12.1 Å². The van der Waals surface area contributed by atoms with E-state index >= 15 is 0 Å². The molecule has 1 atom stereocenters. The van der Waals surface area contributed by atoms with Gasteiger partial charge in [-0.15, -0.1) is 0 Å². The Morgan fingerprint density at radius 1 is 1.38 bits per heavy atom. The third-order valence-corrected chi connectivity index (χ3v) is 3.85. The largest absolute Gasteiger partial charge is 0.397 e. The Hall–Kier alpha value is -2.37. The summed E-state index contributed by atoms with van der Waals surface area (Å²) in [7, 11) is 0. The lowest BCUT2D eigenvalue weighted by Crippen LogP contribution is -2.39. The van der Waals surface area contributed by atoms with Crippen LogP contribution in [0.15, 0.2) is 18.2 Å². The molecular weight excluding hydrogens is 268 g/mol. The van der Waals surface area contributed by atoms with Crippen LogP contribution in [0.25, 0.3) is 10.9 Å². The van der Waals surface area contributed by atoms with Crippen molar-refractivity contribution in [1.82, 2.24) is 15.1 Å². The number of nitrogens with zero attached hydrogens (tertiary/aromatic N) is 2. The van der Waals surface area contributed by atoms with E-state index in [4.69, 9.17) is 5.73 Å². The summed E-state index contributed by atoms with van der Waals surface area (Å²) in [5.74, 6) is -0.889. The zero-order valence-electron chi connectivity index (χ0n) is 12.1. The number of anilines is 1. The van der Waals surface area contributed by atoms with Crippen LogP contribution in [0, 0.1) is 0 Å². The summed E-state index contributed by atoms with van der Waals surface area (Å²) in [6.45, 7) is 4.04. The molecule has 110 valence electrons. The van der Waals surface area contributed by atoms with Crippen molar-refractivity contribution in [2.24, 2.45) is 0 Å². The second-order valence-electron chi connectivity index (χ2n) is 5.67. The average Bonchev–Trinajstić information content (AvgIpc) is 2.80. The number of nitrogens with one attached hydrogen (secondary N) is 1. The quantitative estimate of drug-likeness (QED) is 0.649. The average molecular weight is 286 g/mol. The zero-order chi connectivity index (χ0) is 15.1. The molecule has 2 aromatic rings. The van der Waals surface area contributed by atoms with Gasteiger partial charge >= 0.3 is 0 Å². The van der Waals surface area contributed by atoms with Gasteiger partial charge in [0.05, 0.1) is 22.8 Å². The van der Waals surface area contributed by atoms with E-state index in [0.717, 1.165) is 10.9 Å². The van der Waals surface area contributed by atoms with Gasteiger partial charge in [-0.05, 0) is 26.3 Å². The lowest BCUT2D eigenvalue weighted by atomic mass is 9.93. The summed E-state index contributed by atoms with van der Waals surface area (Å²) >= 11 is 0. The maximum atomic E-state index is 12.1. The first-order valence-corrected chi connectivity index (χ1v) is 7.09. The van der Waals surface area contributed by atoms with E-state index in [1.54, 1.807) is 0 Å². The van der Waals surface area contributed by atoms with E-state index in [1.807, 2.05) is 36.7 Å². The van der Waals surface area contributed by atoms with E-state index in [0.29, 0.717) is 24.2 Å². The van der Waals surface area contributed by atoms with Gasteiger partial charge in [0.1, 0.15) is 0 Å². The smallest absolute Gasteiger partial charge is 0.235 e. The molecule has 3 rings (SSSR count). The van der Waals surface area contributed by atoms with Gasteiger partial charge in [0.2, 0.25) is 11.8 Å². The number of piperidine rings is 1. The molecule has 0 spiro atoms. The molecule has 0 saturated carbocycles. The summed E-state index contributed by atoms with van der Waals surface area (Å²) in [6, 6.07) is 5.76. The molecule has 6 nitrogen and oxygen atoms in total. The van der Waals surface area contributed by atoms with Gasteiger partial charge in [0.25, 0.3) is 0 Å². The normalized spacial score (nSPS) is 19.3. The molecular formula is C15H18N4O2. The fraction of sp³-hybridized carbons (Fsp3) is 0.400. The van der Waals surface area contributed by atoms with Crippen molar-refractivity contribution in [2.75, 3.05) is 5.73 Å². The van der Waals surface area contributed by atoms with Crippen molar-refractivity contribution in [3.05, 3.63) is 23.9 Å². The molecule has 0 radical (unpaired) electrons. The summed E-state index contributed by atoms with van der Waals surface area (Å²) in [6.07, 6.45) is 0.832.